The van der Waals surface area contributed by atoms with Gasteiger partial charge >= 0.3 is 0 Å². The number of halogens is 1. The number of nitrogens with zero attached hydrogens (tertiary/aromatic N) is 2. The standard InChI is InChI=1S/C16H17FN2S/c1-12(8-15-4-3-7-20-15)19(2)11-13-5-6-16(17)14(9-13)10-18/h3-7,9,12H,8,11H2,1-2H3. The highest BCUT2D eigenvalue weighted by atomic mass is 32.1. The first-order valence-electron chi connectivity index (χ1n) is 6.51. The second-order valence-electron chi connectivity index (χ2n) is 4.97. The third-order valence-electron chi connectivity index (χ3n) is 3.41. The van der Waals surface area contributed by atoms with E-state index in [1.807, 2.05) is 13.1 Å². The molecule has 2 aromatic rings. The van der Waals surface area contributed by atoms with E-state index in [0.29, 0.717) is 12.6 Å². The van der Waals surface area contributed by atoms with Crippen LogP contribution >= 0.6 is 11.3 Å². The Labute approximate surface area is 123 Å². The molecule has 104 valence electrons. The van der Waals surface area contributed by atoms with Crippen LogP contribution in [0.15, 0.2) is 35.7 Å². The molecule has 2 nitrogen and oxygen atoms in total. The maximum absolute atomic E-state index is 13.3. The van der Waals surface area contributed by atoms with E-state index in [0.717, 1.165) is 12.0 Å². The third-order valence-corrected chi connectivity index (χ3v) is 4.31. The number of likely N-dealkylation sites (N-methyl/N-ethyl adjacent to an activating group) is 1. The summed E-state index contributed by atoms with van der Waals surface area (Å²) in [5.41, 5.74) is 1.07. The van der Waals surface area contributed by atoms with Crippen LogP contribution in [0.2, 0.25) is 0 Å². The predicted octanol–water partition coefficient (Wildman–Crippen LogP) is 3.82. The molecule has 4 heteroatoms. The summed E-state index contributed by atoms with van der Waals surface area (Å²) >= 11 is 1.76. The number of nitriles is 1. The summed E-state index contributed by atoms with van der Waals surface area (Å²) in [7, 11) is 2.05. The van der Waals surface area contributed by atoms with Crippen molar-refractivity contribution in [2.24, 2.45) is 0 Å². The van der Waals surface area contributed by atoms with Gasteiger partial charge in [0.25, 0.3) is 0 Å². The van der Waals surface area contributed by atoms with E-state index < -0.39 is 5.82 Å². The molecule has 0 N–H and O–H groups in total. The van der Waals surface area contributed by atoms with E-state index >= 15 is 0 Å². The van der Waals surface area contributed by atoms with Gasteiger partial charge in [0, 0.05) is 17.5 Å². The van der Waals surface area contributed by atoms with Gasteiger partial charge in [-0.05, 0) is 49.5 Å². The minimum atomic E-state index is -0.453. The Morgan fingerprint density at radius 1 is 1.40 bits per heavy atom. The summed E-state index contributed by atoms with van der Waals surface area (Å²) in [5, 5.41) is 10.9. The fraction of sp³-hybridized carbons (Fsp3) is 0.312. The molecule has 0 radical (unpaired) electrons. The molecule has 1 aromatic heterocycles. The van der Waals surface area contributed by atoms with Crippen LogP contribution in [0.3, 0.4) is 0 Å². The maximum Gasteiger partial charge on any atom is 0.140 e. The summed E-state index contributed by atoms with van der Waals surface area (Å²) in [6.45, 7) is 2.88. The van der Waals surface area contributed by atoms with Crippen molar-refractivity contribution in [1.29, 1.82) is 5.26 Å². The van der Waals surface area contributed by atoms with Crippen molar-refractivity contribution in [3.8, 4) is 6.07 Å². The van der Waals surface area contributed by atoms with Crippen LogP contribution in [0, 0.1) is 17.1 Å². The van der Waals surface area contributed by atoms with Crippen LogP contribution in [0.25, 0.3) is 0 Å². The average molecular weight is 288 g/mol. The van der Waals surface area contributed by atoms with Gasteiger partial charge in [-0.1, -0.05) is 12.1 Å². The number of hydrogen-bond donors (Lipinski definition) is 0. The molecule has 0 aliphatic carbocycles. The molecule has 1 unspecified atom stereocenters. The van der Waals surface area contributed by atoms with Crippen molar-refractivity contribution in [1.82, 2.24) is 4.90 Å². The molecule has 0 saturated heterocycles. The summed E-state index contributed by atoms with van der Waals surface area (Å²) in [4.78, 5) is 3.58. The minimum Gasteiger partial charge on any atom is -0.299 e. The lowest BCUT2D eigenvalue weighted by atomic mass is 10.1. The highest BCUT2D eigenvalue weighted by Gasteiger charge is 2.12. The summed E-state index contributed by atoms with van der Waals surface area (Å²) in [6.07, 6.45) is 1.00. The molecule has 20 heavy (non-hydrogen) atoms. The molecule has 0 aliphatic heterocycles. The van der Waals surface area contributed by atoms with Gasteiger partial charge in [0.15, 0.2) is 0 Å². The maximum atomic E-state index is 13.3. The Hall–Kier alpha value is -1.70. The van der Waals surface area contributed by atoms with E-state index in [9.17, 15) is 4.39 Å². The Morgan fingerprint density at radius 2 is 2.20 bits per heavy atom. The molecule has 1 aromatic carbocycles. The first kappa shape index (κ1) is 14.7. The second kappa shape index (κ2) is 6.65. The number of benzene rings is 1. The summed E-state index contributed by atoms with van der Waals surface area (Å²) in [5.74, 6) is -0.453. The fourth-order valence-corrected chi connectivity index (χ4v) is 2.90. The topological polar surface area (TPSA) is 27.0 Å². The highest BCUT2D eigenvalue weighted by Crippen LogP contribution is 2.16. The Kier molecular flexibility index (Phi) is 4.89. The van der Waals surface area contributed by atoms with E-state index in [-0.39, 0.29) is 5.56 Å². The van der Waals surface area contributed by atoms with Gasteiger partial charge in [-0.15, -0.1) is 11.3 Å². The first-order chi connectivity index (χ1) is 9.60. The van der Waals surface area contributed by atoms with Crippen LogP contribution in [-0.2, 0) is 13.0 Å². The van der Waals surface area contributed by atoms with Gasteiger partial charge in [0.1, 0.15) is 11.9 Å². The Bertz CT molecular complexity index is 601. The molecule has 2 rings (SSSR count). The van der Waals surface area contributed by atoms with Crippen molar-refractivity contribution in [3.63, 3.8) is 0 Å². The Balaban J connectivity index is 2.00. The van der Waals surface area contributed by atoms with Gasteiger partial charge in [0.05, 0.1) is 5.56 Å². The highest BCUT2D eigenvalue weighted by molar-refractivity contribution is 7.09. The number of hydrogen-bond acceptors (Lipinski definition) is 3. The van der Waals surface area contributed by atoms with Crippen molar-refractivity contribution >= 4 is 11.3 Å². The smallest absolute Gasteiger partial charge is 0.140 e. The summed E-state index contributed by atoms with van der Waals surface area (Å²) < 4.78 is 13.3. The quantitative estimate of drug-likeness (QED) is 0.836. The van der Waals surface area contributed by atoms with Crippen molar-refractivity contribution in [2.45, 2.75) is 25.9 Å². The monoisotopic (exact) mass is 288 g/mol. The minimum absolute atomic E-state index is 0.113. The van der Waals surface area contributed by atoms with Gasteiger partial charge in [-0.25, -0.2) is 4.39 Å². The van der Waals surface area contributed by atoms with Gasteiger partial charge in [-0.3, -0.25) is 4.90 Å². The molecule has 1 heterocycles. The van der Waals surface area contributed by atoms with Gasteiger partial charge in [-0.2, -0.15) is 5.26 Å². The number of rotatable bonds is 5. The lowest BCUT2D eigenvalue weighted by molar-refractivity contribution is 0.249. The fourth-order valence-electron chi connectivity index (χ4n) is 2.08. The lowest BCUT2D eigenvalue weighted by Crippen LogP contribution is -2.30. The summed E-state index contributed by atoms with van der Waals surface area (Å²) in [6, 6.07) is 11.2. The molecule has 0 saturated carbocycles. The average Bonchev–Trinajstić information content (AvgIpc) is 2.93. The van der Waals surface area contributed by atoms with Crippen LogP contribution in [-0.4, -0.2) is 18.0 Å². The zero-order valence-corrected chi connectivity index (χ0v) is 12.5. The van der Waals surface area contributed by atoms with Crippen LogP contribution in [0.5, 0.6) is 0 Å². The Morgan fingerprint density at radius 3 is 2.85 bits per heavy atom. The van der Waals surface area contributed by atoms with Crippen LogP contribution in [0.1, 0.15) is 22.9 Å². The van der Waals surface area contributed by atoms with Crippen molar-refractivity contribution in [3.05, 3.63) is 57.5 Å². The zero-order valence-electron chi connectivity index (χ0n) is 11.6. The largest absolute Gasteiger partial charge is 0.299 e. The molecule has 1 atom stereocenters. The zero-order chi connectivity index (χ0) is 14.5. The first-order valence-corrected chi connectivity index (χ1v) is 7.39. The lowest BCUT2D eigenvalue weighted by Gasteiger charge is -2.24. The normalized spacial score (nSPS) is 12.3. The van der Waals surface area contributed by atoms with E-state index in [4.69, 9.17) is 5.26 Å². The van der Waals surface area contributed by atoms with Crippen molar-refractivity contribution in [2.75, 3.05) is 7.05 Å². The second-order valence-corrected chi connectivity index (χ2v) is 6.01. The number of thiophene rings is 1. The third kappa shape index (κ3) is 3.66. The van der Waals surface area contributed by atoms with Gasteiger partial charge < -0.3 is 0 Å². The molecule has 0 bridgehead atoms. The SMILES string of the molecule is CC(Cc1cccs1)N(C)Cc1ccc(F)c(C#N)c1. The molecular weight excluding hydrogens is 271 g/mol. The van der Waals surface area contributed by atoms with Crippen LogP contribution in [0.4, 0.5) is 4.39 Å². The predicted molar refractivity (Wildman–Crippen MR) is 80.1 cm³/mol. The van der Waals surface area contributed by atoms with Crippen LogP contribution < -0.4 is 0 Å². The molecule has 0 amide bonds. The van der Waals surface area contributed by atoms with E-state index in [2.05, 4.69) is 29.3 Å². The molecule has 0 spiro atoms. The van der Waals surface area contributed by atoms with Gasteiger partial charge in [0.2, 0.25) is 0 Å². The van der Waals surface area contributed by atoms with Crippen molar-refractivity contribution < 1.29 is 4.39 Å². The molecule has 0 aliphatic rings. The van der Waals surface area contributed by atoms with E-state index in [1.54, 1.807) is 23.5 Å². The molecular formula is C16H17FN2S. The van der Waals surface area contributed by atoms with E-state index in [1.165, 1.54) is 10.9 Å². The molecule has 0 fully saturated rings.